The van der Waals surface area contributed by atoms with Gasteiger partial charge in [-0.25, -0.2) is 0 Å². The minimum atomic E-state index is 0.658. The molecule has 9 aliphatic rings. The zero-order chi connectivity index (χ0) is 18.5. The lowest BCUT2D eigenvalue weighted by molar-refractivity contribution is -0.376. The topological polar surface area (TPSA) is 0 Å². The van der Waals surface area contributed by atoms with Gasteiger partial charge in [0.2, 0.25) is 0 Å². The van der Waals surface area contributed by atoms with Crippen LogP contribution in [-0.4, -0.2) is 0 Å². The van der Waals surface area contributed by atoms with Crippen molar-refractivity contribution in [2.24, 2.45) is 67.5 Å². The van der Waals surface area contributed by atoms with Crippen LogP contribution < -0.4 is 0 Å². The first-order chi connectivity index (χ1) is 12.8. The highest BCUT2D eigenvalue weighted by Crippen LogP contribution is 3.21. The zero-order valence-corrected chi connectivity index (χ0v) is 18.5. The fourth-order valence-electron chi connectivity index (χ4n) is 15.8. The van der Waals surface area contributed by atoms with Gasteiger partial charge in [0.05, 0.1) is 0 Å². The Morgan fingerprint density at radius 3 is 2.22 bits per heavy atom. The van der Waals surface area contributed by atoms with E-state index in [0.29, 0.717) is 10.8 Å². The second-order valence-electron chi connectivity index (χ2n) is 13.8. The second kappa shape index (κ2) is 3.62. The molecule has 9 aliphatic carbocycles. The first-order valence-electron chi connectivity index (χ1n) is 12.8. The van der Waals surface area contributed by atoms with Gasteiger partial charge in [-0.3, -0.25) is 0 Å². The lowest BCUT2D eigenvalue weighted by Crippen LogP contribution is -2.80. The fraction of sp³-hybridized carbons (Fsp3) is 1.00. The van der Waals surface area contributed by atoms with Gasteiger partial charge in [-0.15, -0.1) is 0 Å². The molecule has 0 heteroatoms. The lowest BCUT2D eigenvalue weighted by Gasteiger charge is -2.84. The molecule has 9 saturated carbocycles. The molecule has 0 radical (unpaired) electrons. The molecule has 0 aromatic heterocycles. The first kappa shape index (κ1) is 15.8. The largest absolute Gasteiger partial charge is 0.0654 e. The molecule has 9 fully saturated rings. The van der Waals surface area contributed by atoms with Crippen molar-refractivity contribution in [2.45, 2.75) is 98.8 Å². The third-order valence-corrected chi connectivity index (χ3v) is 14.7. The standard InChI is InChI=1S/C27H40/c1-6-8-16(2)24-20-9-7-12-21(24,3)22(4)15-23(5)25(20,17-10-11-17)27(23)19-13-18(14-19)26(22,24)27/h16-20H,6-15H2,1-5H3/t16?,18?,19?,20?,21?,22?,23-,24+,25?,26?,27?/m0/s1. The van der Waals surface area contributed by atoms with Crippen molar-refractivity contribution in [1.82, 2.24) is 0 Å². The highest BCUT2D eigenvalue weighted by atomic mass is 15.2. The summed E-state index contributed by atoms with van der Waals surface area (Å²) in [7, 11) is 0. The monoisotopic (exact) mass is 364 g/mol. The van der Waals surface area contributed by atoms with E-state index in [2.05, 4.69) is 34.6 Å². The van der Waals surface area contributed by atoms with Crippen molar-refractivity contribution in [3.8, 4) is 0 Å². The van der Waals surface area contributed by atoms with E-state index in [1.54, 1.807) is 51.4 Å². The summed E-state index contributed by atoms with van der Waals surface area (Å²) in [4.78, 5) is 0. The van der Waals surface area contributed by atoms with E-state index in [0.717, 1.165) is 56.7 Å². The fourth-order valence-corrected chi connectivity index (χ4v) is 15.8. The van der Waals surface area contributed by atoms with Gasteiger partial charge in [-0.1, -0.05) is 53.9 Å². The van der Waals surface area contributed by atoms with Crippen LogP contribution in [0.3, 0.4) is 0 Å². The van der Waals surface area contributed by atoms with Gasteiger partial charge in [0, 0.05) is 0 Å². The summed E-state index contributed by atoms with van der Waals surface area (Å²) < 4.78 is 0. The van der Waals surface area contributed by atoms with Gasteiger partial charge >= 0.3 is 0 Å². The average Bonchev–Trinajstić information content (AvgIpc) is 3.34. The molecule has 0 N–H and O–H groups in total. The molecule has 27 heavy (non-hydrogen) atoms. The zero-order valence-electron chi connectivity index (χ0n) is 18.5. The molecule has 0 aromatic rings. The van der Waals surface area contributed by atoms with Crippen LogP contribution in [0.1, 0.15) is 98.8 Å². The van der Waals surface area contributed by atoms with Gasteiger partial charge in [0.1, 0.15) is 0 Å². The summed E-state index contributed by atoms with van der Waals surface area (Å²) in [5, 5.41) is 0. The van der Waals surface area contributed by atoms with Crippen LogP contribution in [0.25, 0.3) is 0 Å². The van der Waals surface area contributed by atoms with Crippen molar-refractivity contribution in [3.63, 3.8) is 0 Å². The van der Waals surface area contributed by atoms with E-state index < -0.39 is 0 Å². The van der Waals surface area contributed by atoms with E-state index in [1.807, 2.05) is 0 Å². The summed E-state index contributed by atoms with van der Waals surface area (Å²) in [6, 6.07) is 0. The van der Waals surface area contributed by atoms with Gasteiger partial charge in [-0.05, 0) is 112 Å². The molecule has 0 nitrogen and oxygen atoms in total. The molecule has 9 rings (SSSR count). The predicted molar refractivity (Wildman–Crippen MR) is 109 cm³/mol. The summed E-state index contributed by atoms with van der Waals surface area (Å²) in [5.41, 5.74) is 5.24. The van der Waals surface area contributed by atoms with Gasteiger partial charge in [0.25, 0.3) is 0 Å². The van der Waals surface area contributed by atoms with Crippen molar-refractivity contribution >= 4 is 0 Å². The molecule has 0 saturated heterocycles. The Morgan fingerprint density at radius 2 is 1.56 bits per heavy atom. The summed E-state index contributed by atoms with van der Waals surface area (Å²) in [6.07, 6.45) is 15.8. The Hall–Kier alpha value is 0. The maximum Gasteiger partial charge on any atom is -0.00715 e. The van der Waals surface area contributed by atoms with E-state index >= 15 is 0 Å². The predicted octanol–water partition coefficient (Wildman–Crippen LogP) is 7.08. The van der Waals surface area contributed by atoms with E-state index in [4.69, 9.17) is 0 Å². The molecule has 7 unspecified atom stereocenters. The minimum Gasteiger partial charge on any atom is -0.0654 e. The van der Waals surface area contributed by atoms with Crippen LogP contribution in [0.2, 0.25) is 0 Å². The Balaban J connectivity index is 1.52. The van der Waals surface area contributed by atoms with Gasteiger partial charge in [0.15, 0.2) is 0 Å². The Labute approximate surface area is 166 Å². The van der Waals surface area contributed by atoms with Crippen LogP contribution in [0.4, 0.5) is 0 Å². The molecular formula is C27H40. The second-order valence-corrected chi connectivity index (χ2v) is 13.8. The summed E-state index contributed by atoms with van der Waals surface area (Å²) in [5.74, 6) is 5.52. The molecular weight excluding hydrogens is 324 g/mol. The molecule has 148 valence electrons. The average molecular weight is 365 g/mol. The van der Waals surface area contributed by atoms with Crippen LogP contribution >= 0.6 is 0 Å². The highest BCUT2D eigenvalue weighted by Gasteiger charge is 3.17. The normalized spacial score (nSPS) is 74.3. The molecule has 0 aliphatic heterocycles. The quantitative estimate of drug-likeness (QED) is 0.500. The van der Waals surface area contributed by atoms with Crippen molar-refractivity contribution in [1.29, 1.82) is 0 Å². The molecule has 2 bridgehead atoms. The van der Waals surface area contributed by atoms with Crippen molar-refractivity contribution < 1.29 is 0 Å². The third kappa shape index (κ3) is 0.847. The van der Waals surface area contributed by atoms with Gasteiger partial charge < -0.3 is 0 Å². The van der Waals surface area contributed by atoms with Crippen molar-refractivity contribution in [3.05, 3.63) is 0 Å². The first-order valence-corrected chi connectivity index (χ1v) is 12.8. The number of rotatable bonds is 4. The highest BCUT2D eigenvalue weighted by molar-refractivity contribution is 5.63. The minimum absolute atomic E-state index is 0.658. The van der Waals surface area contributed by atoms with Crippen LogP contribution in [0.15, 0.2) is 0 Å². The SMILES string of the molecule is CCCC(C)[C@@]12C3CCCC1(C)C1(C)C[C@@]4(C)C3(C3CC3)C43C4CC(C4)C132. The van der Waals surface area contributed by atoms with E-state index in [-0.39, 0.29) is 0 Å². The Morgan fingerprint density at radius 1 is 0.852 bits per heavy atom. The Bertz CT molecular complexity index is 803. The lowest BCUT2D eigenvalue weighted by atomic mass is 9.19. The summed E-state index contributed by atoms with van der Waals surface area (Å²) in [6.45, 7) is 13.8. The Kier molecular flexibility index (Phi) is 2.12. The molecule has 2 spiro atoms. The summed E-state index contributed by atoms with van der Waals surface area (Å²) >= 11 is 0. The number of fused-ring (bicyclic) bond motifs is 3. The van der Waals surface area contributed by atoms with Gasteiger partial charge in [-0.2, -0.15) is 0 Å². The van der Waals surface area contributed by atoms with Crippen molar-refractivity contribution in [2.75, 3.05) is 0 Å². The maximum absolute atomic E-state index is 2.88. The van der Waals surface area contributed by atoms with Crippen LogP contribution in [0, 0.1) is 67.5 Å². The molecule has 0 aromatic carbocycles. The van der Waals surface area contributed by atoms with E-state index in [9.17, 15) is 0 Å². The maximum atomic E-state index is 2.88. The van der Waals surface area contributed by atoms with Crippen LogP contribution in [0.5, 0.6) is 0 Å². The third-order valence-electron chi connectivity index (χ3n) is 14.7. The molecule has 0 heterocycles. The molecule has 9 atom stereocenters. The number of hydrogen-bond donors (Lipinski definition) is 0. The van der Waals surface area contributed by atoms with Crippen LogP contribution in [-0.2, 0) is 0 Å². The number of hydrogen-bond acceptors (Lipinski definition) is 0. The smallest absolute Gasteiger partial charge is 0.00715 e. The molecule has 0 amide bonds. The van der Waals surface area contributed by atoms with E-state index in [1.165, 1.54) is 12.8 Å².